The first-order valence-corrected chi connectivity index (χ1v) is 6.52. The second-order valence-electron chi connectivity index (χ2n) is 3.24. The third kappa shape index (κ3) is 1.75. The second-order valence-corrected chi connectivity index (χ2v) is 5.68. The summed E-state index contributed by atoms with van der Waals surface area (Å²) in [5.74, 6) is -0.800. The minimum Gasteiger partial charge on any atom is -0.225 e. The van der Waals surface area contributed by atoms with Gasteiger partial charge in [-0.05, 0) is 35.4 Å². The molecular formula is C9H8FNO2S2. The van der Waals surface area contributed by atoms with E-state index in [1.807, 2.05) is 12.3 Å². The van der Waals surface area contributed by atoms with Gasteiger partial charge in [0, 0.05) is 4.70 Å². The van der Waals surface area contributed by atoms with Gasteiger partial charge in [0.15, 0.2) is 0 Å². The van der Waals surface area contributed by atoms with Gasteiger partial charge in [-0.2, -0.15) is 0 Å². The number of rotatable bonds is 1. The van der Waals surface area contributed by atoms with Gasteiger partial charge in [0.25, 0.3) is 0 Å². The van der Waals surface area contributed by atoms with Crippen molar-refractivity contribution in [2.24, 2.45) is 5.14 Å². The smallest absolute Gasteiger partial charge is 0.225 e. The van der Waals surface area contributed by atoms with Crippen molar-refractivity contribution in [1.29, 1.82) is 0 Å². The van der Waals surface area contributed by atoms with Crippen LogP contribution in [-0.4, -0.2) is 8.42 Å². The highest BCUT2D eigenvalue weighted by molar-refractivity contribution is 7.89. The zero-order valence-corrected chi connectivity index (χ0v) is 9.45. The van der Waals surface area contributed by atoms with Crippen LogP contribution in [0.4, 0.5) is 4.39 Å². The number of thiophene rings is 1. The van der Waals surface area contributed by atoms with E-state index in [9.17, 15) is 12.8 Å². The Morgan fingerprint density at radius 1 is 1.40 bits per heavy atom. The first-order chi connectivity index (χ1) is 6.89. The average Bonchev–Trinajstić information content (AvgIpc) is 2.45. The van der Waals surface area contributed by atoms with E-state index < -0.39 is 20.7 Å². The summed E-state index contributed by atoms with van der Waals surface area (Å²) in [4.78, 5) is -0.447. The average molecular weight is 245 g/mol. The monoisotopic (exact) mass is 245 g/mol. The summed E-state index contributed by atoms with van der Waals surface area (Å²) in [6.07, 6.45) is 0. The molecule has 15 heavy (non-hydrogen) atoms. The predicted octanol–water partition coefficient (Wildman–Crippen LogP) is 2.00. The number of primary sulfonamides is 1. The standard InChI is InChI=1S/C9H8FNO2S2/c1-5-4-14-8-3-9(15(11,12)13)7(10)2-6(5)8/h2-4H,1H3,(H2,11,12,13). The molecule has 0 radical (unpaired) electrons. The Morgan fingerprint density at radius 3 is 2.67 bits per heavy atom. The highest BCUT2D eigenvalue weighted by Crippen LogP contribution is 2.29. The van der Waals surface area contributed by atoms with E-state index >= 15 is 0 Å². The van der Waals surface area contributed by atoms with Gasteiger partial charge in [-0.15, -0.1) is 11.3 Å². The molecule has 0 atom stereocenters. The quantitative estimate of drug-likeness (QED) is 0.835. The van der Waals surface area contributed by atoms with E-state index in [4.69, 9.17) is 5.14 Å². The maximum atomic E-state index is 13.4. The Labute approximate surface area is 90.4 Å². The first kappa shape index (κ1) is 10.5. The number of benzene rings is 1. The molecule has 1 aromatic heterocycles. The number of sulfonamides is 1. The minimum atomic E-state index is -3.98. The maximum Gasteiger partial charge on any atom is 0.241 e. The van der Waals surface area contributed by atoms with Crippen LogP contribution in [-0.2, 0) is 10.0 Å². The molecule has 0 aliphatic heterocycles. The third-order valence-corrected chi connectivity index (χ3v) is 4.12. The molecule has 0 spiro atoms. The van der Waals surface area contributed by atoms with Gasteiger partial charge in [0.05, 0.1) is 0 Å². The molecule has 0 bridgehead atoms. The lowest BCUT2D eigenvalue weighted by atomic mass is 10.2. The van der Waals surface area contributed by atoms with Crippen LogP contribution in [0.15, 0.2) is 22.4 Å². The van der Waals surface area contributed by atoms with Gasteiger partial charge in [-0.1, -0.05) is 0 Å². The van der Waals surface area contributed by atoms with E-state index in [-0.39, 0.29) is 0 Å². The maximum absolute atomic E-state index is 13.4. The van der Waals surface area contributed by atoms with Gasteiger partial charge in [0.2, 0.25) is 10.0 Å². The molecule has 80 valence electrons. The normalized spacial score (nSPS) is 12.2. The van der Waals surface area contributed by atoms with Crippen molar-refractivity contribution in [3.05, 3.63) is 28.9 Å². The Kier molecular flexibility index (Phi) is 2.29. The first-order valence-electron chi connectivity index (χ1n) is 4.10. The lowest BCUT2D eigenvalue weighted by molar-refractivity contribution is 0.569. The molecule has 1 heterocycles. The molecule has 0 amide bonds. The van der Waals surface area contributed by atoms with Gasteiger partial charge < -0.3 is 0 Å². The second kappa shape index (κ2) is 3.26. The van der Waals surface area contributed by atoms with Crippen LogP contribution in [0.2, 0.25) is 0 Å². The fourth-order valence-electron chi connectivity index (χ4n) is 1.37. The lowest BCUT2D eigenvalue weighted by Gasteiger charge is -2.00. The lowest BCUT2D eigenvalue weighted by Crippen LogP contribution is -2.13. The van der Waals surface area contributed by atoms with Crippen LogP contribution in [0.5, 0.6) is 0 Å². The van der Waals surface area contributed by atoms with Crippen molar-refractivity contribution < 1.29 is 12.8 Å². The van der Waals surface area contributed by atoms with Gasteiger partial charge in [-0.3, -0.25) is 0 Å². The molecule has 0 fully saturated rings. The molecule has 0 aliphatic rings. The summed E-state index contributed by atoms with van der Waals surface area (Å²) in [7, 11) is -3.98. The molecule has 0 saturated heterocycles. The van der Waals surface area contributed by atoms with E-state index in [1.165, 1.54) is 23.5 Å². The summed E-state index contributed by atoms with van der Waals surface area (Å²) in [5.41, 5.74) is 0.926. The number of aryl methyl sites for hydroxylation is 1. The van der Waals surface area contributed by atoms with E-state index in [0.717, 1.165) is 15.6 Å². The van der Waals surface area contributed by atoms with Crippen molar-refractivity contribution in [3.8, 4) is 0 Å². The molecule has 2 rings (SSSR count). The van der Waals surface area contributed by atoms with E-state index in [1.54, 1.807) is 0 Å². The number of nitrogens with two attached hydrogens (primary N) is 1. The highest BCUT2D eigenvalue weighted by Gasteiger charge is 2.16. The van der Waals surface area contributed by atoms with Crippen molar-refractivity contribution in [3.63, 3.8) is 0 Å². The van der Waals surface area contributed by atoms with Crippen LogP contribution in [0, 0.1) is 12.7 Å². The number of hydrogen-bond acceptors (Lipinski definition) is 3. The van der Waals surface area contributed by atoms with Crippen LogP contribution >= 0.6 is 11.3 Å². The Bertz CT molecular complexity index is 631. The molecule has 0 aliphatic carbocycles. The summed E-state index contributed by atoms with van der Waals surface area (Å²) < 4.78 is 36.2. The van der Waals surface area contributed by atoms with Gasteiger partial charge in [0.1, 0.15) is 10.7 Å². The molecule has 0 unspecified atom stereocenters. The summed E-state index contributed by atoms with van der Waals surface area (Å²) in [6, 6.07) is 2.48. The zero-order chi connectivity index (χ0) is 11.2. The van der Waals surface area contributed by atoms with Gasteiger partial charge >= 0.3 is 0 Å². The summed E-state index contributed by atoms with van der Waals surface area (Å²) >= 11 is 1.37. The summed E-state index contributed by atoms with van der Waals surface area (Å²) in [5, 5.41) is 7.46. The minimum absolute atomic E-state index is 0.447. The van der Waals surface area contributed by atoms with E-state index in [2.05, 4.69) is 0 Å². The predicted molar refractivity (Wildman–Crippen MR) is 57.9 cm³/mol. The number of hydrogen-bond donors (Lipinski definition) is 1. The molecule has 2 aromatic rings. The van der Waals surface area contributed by atoms with E-state index in [0.29, 0.717) is 0 Å². The molecule has 3 nitrogen and oxygen atoms in total. The van der Waals surface area contributed by atoms with Crippen LogP contribution in [0.3, 0.4) is 0 Å². The highest BCUT2D eigenvalue weighted by atomic mass is 32.2. The largest absolute Gasteiger partial charge is 0.241 e. The molecule has 2 N–H and O–H groups in total. The van der Waals surface area contributed by atoms with Crippen molar-refractivity contribution in [2.75, 3.05) is 0 Å². The van der Waals surface area contributed by atoms with Crippen molar-refractivity contribution in [1.82, 2.24) is 0 Å². The topological polar surface area (TPSA) is 60.2 Å². The fourth-order valence-corrected chi connectivity index (χ4v) is 3.02. The molecule has 0 saturated carbocycles. The third-order valence-electron chi connectivity index (χ3n) is 2.13. The van der Waals surface area contributed by atoms with Crippen LogP contribution in [0.1, 0.15) is 5.56 Å². The van der Waals surface area contributed by atoms with Gasteiger partial charge in [-0.25, -0.2) is 17.9 Å². The van der Waals surface area contributed by atoms with Crippen molar-refractivity contribution >= 4 is 31.4 Å². The fraction of sp³-hybridized carbons (Fsp3) is 0.111. The number of halogens is 1. The van der Waals surface area contributed by atoms with Crippen LogP contribution in [0.25, 0.3) is 10.1 Å². The molecular weight excluding hydrogens is 237 g/mol. The Balaban J connectivity index is 2.86. The Hall–Kier alpha value is -0.980. The van der Waals surface area contributed by atoms with Crippen molar-refractivity contribution in [2.45, 2.75) is 11.8 Å². The molecule has 1 aromatic carbocycles. The zero-order valence-electron chi connectivity index (χ0n) is 7.82. The van der Waals surface area contributed by atoms with Crippen LogP contribution < -0.4 is 5.14 Å². The number of fused-ring (bicyclic) bond motifs is 1. The summed E-state index contributed by atoms with van der Waals surface area (Å²) in [6.45, 7) is 1.84. The Morgan fingerprint density at radius 2 is 2.07 bits per heavy atom. The SMILES string of the molecule is Cc1csc2cc(S(N)(=O)=O)c(F)cc12. The molecule has 6 heteroatoms.